The predicted molar refractivity (Wildman–Crippen MR) is 128 cm³/mol. The van der Waals surface area contributed by atoms with Crippen molar-refractivity contribution in [2.75, 3.05) is 5.32 Å². The summed E-state index contributed by atoms with van der Waals surface area (Å²) < 4.78 is 1.83. The van der Waals surface area contributed by atoms with Crippen molar-refractivity contribution in [2.24, 2.45) is 0 Å². The molecule has 2 heterocycles. The van der Waals surface area contributed by atoms with Gasteiger partial charge in [0, 0.05) is 18.8 Å². The monoisotopic (exact) mass is 437 g/mol. The van der Waals surface area contributed by atoms with Crippen molar-refractivity contribution in [3.05, 3.63) is 88.3 Å². The molecule has 1 aromatic carbocycles. The fraction of sp³-hybridized carbons (Fsp3) is 0.250. The molecule has 0 bridgehead atoms. The first-order valence-electron chi connectivity index (χ1n) is 10.1. The van der Waals surface area contributed by atoms with Crippen molar-refractivity contribution >= 4 is 32.4 Å². The van der Waals surface area contributed by atoms with E-state index in [0.717, 1.165) is 16.7 Å². The topological polar surface area (TPSA) is 87.4 Å². The van der Waals surface area contributed by atoms with Crippen LogP contribution in [0.3, 0.4) is 0 Å². The van der Waals surface area contributed by atoms with Gasteiger partial charge >= 0.3 is 0 Å². The molecule has 3 rings (SSSR count). The number of nitrogens with zero attached hydrogens (tertiary/aromatic N) is 2. The number of allylic oxidation sites excluding steroid dienone is 5. The molecule has 2 aromatic heterocycles. The number of aromatic nitrogens is 2. The van der Waals surface area contributed by atoms with Gasteiger partial charge in [0.15, 0.2) is 11.4 Å². The van der Waals surface area contributed by atoms with E-state index < -0.39 is 11.7 Å². The number of thiazole rings is 1. The number of pyridine rings is 1. The van der Waals surface area contributed by atoms with Crippen molar-refractivity contribution in [2.45, 2.75) is 39.6 Å². The van der Waals surface area contributed by atoms with Gasteiger partial charge in [-0.2, -0.15) is 0 Å². The maximum atomic E-state index is 12.8. The third kappa shape index (κ3) is 5.02. The van der Waals surface area contributed by atoms with Crippen LogP contribution >= 0.6 is 11.3 Å². The maximum Gasteiger partial charge on any atom is 0.217 e. The minimum absolute atomic E-state index is 0.107. The van der Waals surface area contributed by atoms with Crippen LogP contribution in [0, 0.1) is 0 Å². The van der Waals surface area contributed by atoms with Crippen molar-refractivity contribution < 1.29 is 10.2 Å². The van der Waals surface area contributed by atoms with E-state index in [0.29, 0.717) is 16.5 Å². The normalized spacial score (nSPS) is 12.7. The van der Waals surface area contributed by atoms with Gasteiger partial charge in [-0.15, -0.1) is 0 Å². The van der Waals surface area contributed by atoms with Crippen molar-refractivity contribution in [3.8, 4) is 0 Å². The lowest BCUT2D eigenvalue weighted by atomic mass is 9.99. The molecule has 0 radical (unpaired) electrons. The molecule has 31 heavy (non-hydrogen) atoms. The van der Waals surface area contributed by atoms with Crippen LogP contribution in [0.2, 0.25) is 0 Å². The molecule has 162 valence electrons. The van der Waals surface area contributed by atoms with E-state index >= 15 is 0 Å². The number of rotatable bonds is 8. The minimum atomic E-state index is -1.88. The standard InChI is InChI=1S/C24H27N3O3S/c1-5-10-18(17-11-8-7-9-12-17)16(6-2)13-27-14-19(23(29)30)21(28)20-22(27)31-24(26-20)25-15(3)4/h5-12,14-15,23,29-30H,2,13H2,1,3-4H3,(H,25,26)/b10-5-,18-16-. The van der Waals surface area contributed by atoms with Gasteiger partial charge in [-0.3, -0.25) is 4.79 Å². The van der Waals surface area contributed by atoms with Crippen molar-refractivity contribution in [3.63, 3.8) is 0 Å². The molecule has 0 saturated carbocycles. The Morgan fingerprint density at radius 3 is 2.58 bits per heavy atom. The molecule has 7 heteroatoms. The smallest absolute Gasteiger partial charge is 0.217 e. The lowest BCUT2D eigenvalue weighted by molar-refractivity contribution is -0.0435. The first-order chi connectivity index (χ1) is 14.8. The van der Waals surface area contributed by atoms with Crippen LogP contribution in [0.4, 0.5) is 5.13 Å². The Balaban J connectivity index is 2.22. The second-order valence-electron chi connectivity index (χ2n) is 7.40. The first kappa shape index (κ1) is 22.7. The summed E-state index contributed by atoms with van der Waals surface area (Å²) in [5, 5.41) is 23.4. The summed E-state index contributed by atoms with van der Waals surface area (Å²) in [7, 11) is 0. The van der Waals surface area contributed by atoms with Gasteiger partial charge < -0.3 is 20.1 Å². The Morgan fingerprint density at radius 2 is 2.00 bits per heavy atom. The zero-order valence-corrected chi connectivity index (χ0v) is 18.7. The molecule has 3 N–H and O–H groups in total. The van der Waals surface area contributed by atoms with Crippen LogP contribution in [0.5, 0.6) is 0 Å². The summed E-state index contributed by atoms with van der Waals surface area (Å²) in [4.78, 5) is 17.9. The van der Waals surface area contributed by atoms with Gasteiger partial charge in [-0.05, 0) is 37.5 Å². The molecule has 0 aliphatic rings. The molecule has 0 aliphatic heterocycles. The fourth-order valence-corrected chi connectivity index (χ4v) is 4.39. The second-order valence-corrected chi connectivity index (χ2v) is 8.37. The molecular weight excluding hydrogens is 410 g/mol. The quantitative estimate of drug-likeness (QED) is 0.357. The van der Waals surface area contributed by atoms with Crippen LogP contribution in [0.25, 0.3) is 15.9 Å². The zero-order chi connectivity index (χ0) is 22.5. The van der Waals surface area contributed by atoms with Gasteiger partial charge in [-0.1, -0.05) is 66.5 Å². The summed E-state index contributed by atoms with van der Waals surface area (Å²) in [6.07, 6.45) is 5.38. The lowest BCUT2D eigenvalue weighted by Gasteiger charge is -2.15. The summed E-state index contributed by atoms with van der Waals surface area (Å²) in [6.45, 7) is 10.3. The molecule has 0 atom stereocenters. The highest BCUT2D eigenvalue weighted by atomic mass is 32.1. The number of nitrogens with one attached hydrogen (secondary N) is 1. The van der Waals surface area contributed by atoms with Crippen LogP contribution in [0.15, 0.2) is 71.7 Å². The molecular formula is C24H27N3O3S. The Hall–Kier alpha value is -3.00. The molecule has 0 fully saturated rings. The highest BCUT2D eigenvalue weighted by molar-refractivity contribution is 7.21. The van der Waals surface area contributed by atoms with Crippen LogP contribution in [0.1, 0.15) is 38.2 Å². The molecule has 0 unspecified atom stereocenters. The van der Waals surface area contributed by atoms with E-state index in [2.05, 4.69) is 16.9 Å². The highest BCUT2D eigenvalue weighted by Gasteiger charge is 2.19. The SMILES string of the molecule is C=C/C(Cn1cc(C(O)O)c(=O)c2nc(NC(C)C)sc21)=C(\C=C/C)c1ccccc1. The number of benzene rings is 1. The van der Waals surface area contributed by atoms with E-state index in [9.17, 15) is 15.0 Å². The van der Waals surface area contributed by atoms with Crippen molar-refractivity contribution in [1.29, 1.82) is 0 Å². The average Bonchev–Trinajstić information content (AvgIpc) is 3.16. The van der Waals surface area contributed by atoms with E-state index in [-0.39, 0.29) is 17.1 Å². The zero-order valence-electron chi connectivity index (χ0n) is 17.9. The van der Waals surface area contributed by atoms with Gasteiger partial charge in [0.05, 0.1) is 5.56 Å². The fourth-order valence-electron chi connectivity index (χ4n) is 3.30. The molecule has 0 aliphatic carbocycles. The first-order valence-corrected chi connectivity index (χ1v) is 10.9. The molecule has 6 nitrogen and oxygen atoms in total. The minimum Gasteiger partial charge on any atom is -0.364 e. The number of hydrogen-bond donors (Lipinski definition) is 3. The number of hydrogen-bond acceptors (Lipinski definition) is 6. The lowest BCUT2D eigenvalue weighted by Crippen LogP contribution is -2.18. The highest BCUT2D eigenvalue weighted by Crippen LogP contribution is 2.29. The number of anilines is 1. The summed E-state index contributed by atoms with van der Waals surface area (Å²) >= 11 is 1.36. The van der Waals surface area contributed by atoms with Crippen LogP contribution < -0.4 is 10.7 Å². The summed E-state index contributed by atoms with van der Waals surface area (Å²) in [6, 6.07) is 10.1. The van der Waals surface area contributed by atoms with Crippen LogP contribution in [-0.4, -0.2) is 25.8 Å². The summed E-state index contributed by atoms with van der Waals surface area (Å²) in [5.41, 5.74) is 2.61. The number of aliphatic hydroxyl groups is 2. The van der Waals surface area contributed by atoms with Gasteiger partial charge in [-0.25, -0.2) is 4.98 Å². The average molecular weight is 438 g/mol. The Morgan fingerprint density at radius 1 is 1.29 bits per heavy atom. The van der Waals surface area contributed by atoms with Crippen molar-refractivity contribution in [1.82, 2.24) is 9.55 Å². The molecule has 3 aromatic rings. The Labute approximate surface area is 185 Å². The van der Waals surface area contributed by atoms with E-state index in [4.69, 9.17) is 0 Å². The maximum absolute atomic E-state index is 12.8. The Bertz CT molecular complexity index is 1190. The number of aliphatic hydroxyl groups excluding tert-OH is 1. The largest absolute Gasteiger partial charge is 0.364 e. The van der Waals surface area contributed by atoms with Crippen LogP contribution in [-0.2, 0) is 6.54 Å². The second kappa shape index (κ2) is 9.87. The van der Waals surface area contributed by atoms with E-state index in [1.807, 2.05) is 67.8 Å². The number of fused-ring (bicyclic) bond motifs is 1. The van der Waals surface area contributed by atoms with Gasteiger partial charge in [0.2, 0.25) is 5.43 Å². The van der Waals surface area contributed by atoms with E-state index in [1.54, 1.807) is 6.08 Å². The summed E-state index contributed by atoms with van der Waals surface area (Å²) in [5.74, 6) is 0. The van der Waals surface area contributed by atoms with Gasteiger partial charge in [0.25, 0.3) is 0 Å². The molecule has 0 amide bonds. The Kier molecular flexibility index (Phi) is 7.22. The van der Waals surface area contributed by atoms with E-state index in [1.165, 1.54) is 17.5 Å². The molecule has 0 spiro atoms. The molecule has 0 saturated heterocycles. The van der Waals surface area contributed by atoms with Gasteiger partial charge in [0.1, 0.15) is 10.3 Å². The predicted octanol–water partition coefficient (Wildman–Crippen LogP) is 4.48. The third-order valence-electron chi connectivity index (χ3n) is 4.68. The third-order valence-corrected chi connectivity index (χ3v) is 5.71.